The van der Waals surface area contributed by atoms with Crippen molar-refractivity contribution in [1.29, 1.82) is 0 Å². The second-order valence-corrected chi connectivity index (χ2v) is 16.0. The largest absolute Gasteiger partial charge is 0.456 e. The van der Waals surface area contributed by atoms with Crippen LogP contribution in [0.25, 0.3) is 87.7 Å². The van der Waals surface area contributed by atoms with E-state index in [1.165, 1.54) is 93.6 Å². The molecule has 16 rings (SSSR count). The van der Waals surface area contributed by atoms with Crippen LogP contribution in [-0.4, -0.2) is 8.80 Å². The lowest BCUT2D eigenvalue weighted by atomic mass is 9.58. The van der Waals surface area contributed by atoms with Gasteiger partial charge >= 0.3 is 5.66 Å². The first kappa shape index (κ1) is 26.5. The van der Waals surface area contributed by atoms with E-state index in [0.29, 0.717) is 0 Å². The third-order valence-electron chi connectivity index (χ3n) is 14.2. The second-order valence-electron chi connectivity index (χ2n) is 16.0. The number of benzene rings is 7. The van der Waals surface area contributed by atoms with Gasteiger partial charge in [0.05, 0.1) is 27.3 Å². The Hall–Kier alpha value is -7.24. The van der Waals surface area contributed by atoms with Crippen LogP contribution in [0.5, 0.6) is 0 Å². The van der Waals surface area contributed by atoms with E-state index in [0.717, 1.165) is 27.5 Å². The number of hydrogen-bond acceptors (Lipinski definition) is 1. The van der Waals surface area contributed by atoms with Crippen LogP contribution in [0.15, 0.2) is 163 Å². The molecule has 2 spiro atoms. The van der Waals surface area contributed by atoms with Gasteiger partial charge in [-0.05, 0) is 51.6 Å². The normalized spacial score (nSPS) is 17.7. The molecule has 2 aliphatic heterocycles. The number of pyridine rings is 2. The monoisotopic (exact) mass is 698 g/mol. The second kappa shape index (κ2) is 8.13. The Balaban J connectivity index is 1.21. The topological polar surface area (TPSA) is 29.7 Å². The molecule has 0 bridgehead atoms. The Morgan fingerprint density at radius 1 is 0.436 bits per heavy atom. The van der Waals surface area contributed by atoms with E-state index in [9.17, 15) is 0 Å². The number of para-hydroxylation sites is 2. The maximum absolute atomic E-state index is 6.51. The summed E-state index contributed by atoms with van der Waals surface area (Å²) in [4.78, 5) is 0. The van der Waals surface area contributed by atoms with Crippen LogP contribution in [0.3, 0.4) is 0 Å². The zero-order chi connectivity index (χ0) is 35.1. The first-order valence-electron chi connectivity index (χ1n) is 19.2. The molecule has 1 atom stereocenters. The lowest BCUT2D eigenvalue weighted by Gasteiger charge is -2.43. The van der Waals surface area contributed by atoms with Gasteiger partial charge in [-0.2, -0.15) is 17.9 Å². The van der Waals surface area contributed by atoms with E-state index in [1.54, 1.807) is 0 Å². The average molecular weight is 699 g/mol. The fourth-order valence-electron chi connectivity index (χ4n) is 12.4. The van der Waals surface area contributed by atoms with Crippen LogP contribution in [0, 0.1) is 0 Å². The number of furan rings is 1. The average Bonchev–Trinajstić information content (AvgIpc) is 4.08. The summed E-state index contributed by atoms with van der Waals surface area (Å²) in [5, 5.41) is 10.1. The summed E-state index contributed by atoms with van der Waals surface area (Å²) in [6.07, 6.45) is 9.27. The van der Waals surface area contributed by atoms with Crippen molar-refractivity contribution >= 4 is 76.6 Å². The van der Waals surface area contributed by atoms with E-state index in [-0.39, 0.29) is 0 Å². The highest BCUT2D eigenvalue weighted by Crippen LogP contribution is 2.65. The van der Waals surface area contributed by atoms with Gasteiger partial charge < -0.3 is 4.42 Å². The van der Waals surface area contributed by atoms with Gasteiger partial charge in [0.15, 0.2) is 0 Å². The van der Waals surface area contributed by atoms with E-state index < -0.39 is 11.1 Å². The molecule has 12 aromatic rings. The Morgan fingerprint density at radius 2 is 1.02 bits per heavy atom. The highest BCUT2D eigenvalue weighted by Gasteiger charge is 2.69. The SMILES string of the molecule is c1ccc2c(c1)-c1ccccc1C21c2ccc3c4ccccc4n4cc[n+]5c4c3c2C52c3c1ccc1c4cc5c(cc4n4cc[n+]2c4c31)oc1ccccc15. The van der Waals surface area contributed by atoms with Crippen molar-refractivity contribution in [2.75, 3.05) is 0 Å². The number of aromatic nitrogens is 4. The van der Waals surface area contributed by atoms with Crippen LogP contribution in [0.2, 0.25) is 0 Å². The van der Waals surface area contributed by atoms with Crippen molar-refractivity contribution in [3.63, 3.8) is 0 Å². The van der Waals surface area contributed by atoms with Gasteiger partial charge in [-0.1, -0.05) is 109 Å². The Kier molecular flexibility index (Phi) is 3.92. The Bertz CT molecular complexity index is 3870. The predicted molar refractivity (Wildman–Crippen MR) is 215 cm³/mol. The van der Waals surface area contributed by atoms with Crippen molar-refractivity contribution in [3.8, 4) is 11.1 Å². The van der Waals surface area contributed by atoms with Crippen molar-refractivity contribution in [3.05, 3.63) is 192 Å². The molecular formula is C50H26N4O+2. The minimum absolute atomic E-state index is 0.503. The van der Waals surface area contributed by atoms with Crippen LogP contribution >= 0.6 is 0 Å². The standard InChI is InChI=1S/C50H26N4O/c1-5-13-35-27(9-1)28-10-2-6-14-36(28)49(35)37-19-17-31-29-11-3-7-15-39(29)51-21-23-53-47(51)43(31)45(37)50(53)46-38(49)20-18-32-33-25-34-30-12-4-8-16-41(30)55-42(34)26-40(33)52-22-24-54(50)48(52)44(32)46/h1-26H/q+2. The molecule has 2 aliphatic carbocycles. The van der Waals surface area contributed by atoms with E-state index in [2.05, 4.69) is 176 Å². The maximum atomic E-state index is 6.51. The summed E-state index contributed by atoms with van der Waals surface area (Å²) in [5.74, 6) is 0. The van der Waals surface area contributed by atoms with Gasteiger partial charge in [0.1, 0.15) is 47.0 Å². The zero-order valence-corrected chi connectivity index (χ0v) is 29.2. The van der Waals surface area contributed by atoms with Crippen LogP contribution in [0.1, 0.15) is 33.4 Å². The molecule has 250 valence electrons. The molecule has 0 saturated heterocycles. The van der Waals surface area contributed by atoms with E-state index in [1.807, 2.05) is 0 Å². The minimum atomic E-state index is -0.629. The van der Waals surface area contributed by atoms with Crippen molar-refractivity contribution in [1.82, 2.24) is 8.80 Å². The first-order valence-corrected chi connectivity index (χ1v) is 19.2. The van der Waals surface area contributed by atoms with Gasteiger partial charge in [-0.25, -0.2) is 0 Å². The first-order chi connectivity index (χ1) is 27.3. The molecular weight excluding hydrogens is 673 g/mol. The Labute approximate surface area is 311 Å². The molecule has 5 heteroatoms. The fourth-order valence-corrected chi connectivity index (χ4v) is 12.4. The fraction of sp³-hybridized carbons (Fsp3) is 0.0400. The highest BCUT2D eigenvalue weighted by molar-refractivity contribution is 6.21. The molecule has 5 nitrogen and oxygen atoms in total. The molecule has 7 heterocycles. The Morgan fingerprint density at radius 3 is 1.73 bits per heavy atom. The summed E-state index contributed by atoms with van der Waals surface area (Å²) in [6.45, 7) is 0. The summed E-state index contributed by atoms with van der Waals surface area (Å²) in [7, 11) is 0. The van der Waals surface area contributed by atoms with Gasteiger partial charge in [0, 0.05) is 38.4 Å². The van der Waals surface area contributed by atoms with Crippen LogP contribution < -0.4 is 9.13 Å². The molecule has 55 heavy (non-hydrogen) atoms. The van der Waals surface area contributed by atoms with Crippen LogP contribution in [-0.2, 0) is 11.1 Å². The molecule has 0 N–H and O–H groups in total. The van der Waals surface area contributed by atoms with Gasteiger partial charge in [-0.15, -0.1) is 0 Å². The van der Waals surface area contributed by atoms with Gasteiger partial charge in [-0.3, -0.25) is 0 Å². The molecule has 1 unspecified atom stereocenters. The number of nitrogens with zero attached hydrogens (tertiary/aromatic N) is 4. The van der Waals surface area contributed by atoms with Gasteiger partial charge in [0.25, 0.3) is 11.3 Å². The highest BCUT2D eigenvalue weighted by atomic mass is 16.3. The predicted octanol–water partition coefficient (Wildman–Crippen LogP) is 9.88. The lowest BCUT2D eigenvalue weighted by molar-refractivity contribution is -0.944. The quantitative estimate of drug-likeness (QED) is 0.115. The minimum Gasteiger partial charge on any atom is -0.456 e. The maximum Gasteiger partial charge on any atom is 0.308 e. The summed E-state index contributed by atoms with van der Waals surface area (Å²) >= 11 is 0. The molecule has 7 aromatic carbocycles. The molecule has 0 saturated carbocycles. The van der Waals surface area contributed by atoms with Crippen molar-refractivity contribution in [2.24, 2.45) is 0 Å². The number of fused-ring (bicyclic) bond motifs is 16. The smallest absolute Gasteiger partial charge is 0.308 e. The molecule has 4 aliphatic rings. The number of hydrogen-bond donors (Lipinski definition) is 0. The molecule has 0 radical (unpaired) electrons. The van der Waals surface area contributed by atoms with E-state index >= 15 is 0 Å². The summed E-state index contributed by atoms with van der Waals surface area (Å²) in [5.41, 5.74) is 16.5. The lowest BCUT2D eigenvalue weighted by Crippen LogP contribution is -2.72. The van der Waals surface area contributed by atoms with Crippen LogP contribution in [0.4, 0.5) is 0 Å². The van der Waals surface area contributed by atoms with Crippen molar-refractivity contribution in [2.45, 2.75) is 11.1 Å². The summed E-state index contributed by atoms with van der Waals surface area (Å²) in [6, 6.07) is 50.2. The van der Waals surface area contributed by atoms with Crippen molar-refractivity contribution < 1.29 is 13.6 Å². The summed E-state index contributed by atoms with van der Waals surface area (Å²) < 4.78 is 16.6. The third kappa shape index (κ3) is 2.42. The molecule has 0 amide bonds. The number of rotatable bonds is 0. The molecule has 5 aromatic heterocycles. The van der Waals surface area contributed by atoms with Gasteiger partial charge in [0.2, 0.25) is 0 Å². The molecule has 0 fully saturated rings. The van der Waals surface area contributed by atoms with E-state index in [4.69, 9.17) is 4.42 Å². The zero-order valence-electron chi connectivity index (χ0n) is 29.2. The third-order valence-corrected chi connectivity index (χ3v) is 14.2. The number of imidazole rings is 2.